The number of rotatable bonds is 5. The van der Waals surface area contributed by atoms with Crippen LogP contribution in [0.3, 0.4) is 0 Å². The molecule has 8 nitrogen and oxygen atoms in total. The largest absolute Gasteiger partial charge is 0.440 e. The van der Waals surface area contributed by atoms with Gasteiger partial charge < -0.3 is 19.0 Å². The number of carbonyl (C=O) groups excluding carboxylic acids is 1. The standard InChI is InChI=1S/C18H21N5O3/c1-25-11-16-22-21-15-7-6-12(8-9-23(15)16)19-17(24)10-18-20-13-4-2-3-5-14(13)26-18/h2-5,12H,6-11H2,1H3,(H,19,24). The number of aromatic nitrogens is 4. The van der Waals surface area contributed by atoms with Crippen molar-refractivity contribution >= 4 is 17.0 Å². The summed E-state index contributed by atoms with van der Waals surface area (Å²) in [6.45, 7) is 1.22. The maximum atomic E-state index is 12.4. The summed E-state index contributed by atoms with van der Waals surface area (Å²) in [5.74, 6) is 2.15. The molecule has 1 aliphatic heterocycles. The fourth-order valence-corrected chi connectivity index (χ4v) is 3.34. The number of hydrogen-bond donors (Lipinski definition) is 1. The molecule has 3 aromatic rings. The van der Waals surface area contributed by atoms with E-state index in [4.69, 9.17) is 9.15 Å². The number of aryl methyl sites for hydroxylation is 1. The second kappa shape index (κ2) is 7.25. The summed E-state index contributed by atoms with van der Waals surface area (Å²) in [7, 11) is 1.65. The number of amides is 1. The summed E-state index contributed by atoms with van der Waals surface area (Å²) in [6, 6.07) is 7.61. The third-order valence-corrected chi connectivity index (χ3v) is 4.61. The molecule has 0 bridgehead atoms. The van der Waals surface area contributed by atoms with E-state index in [1.165, 1.54) is 0 Å². The number of benzene rings is 1. The lowest BCUT2D eigenvalue weighted by Gasteiger charge is -2.15. The lowest BCUT2D eigenvalue weighted by atomic mass is 10.1. The van der Waals surface area contributed by atoms with Gasteiger partial charge >= 0.3 is 0 Å². The maximum absolute atomic E-state index is 12.4. The van der Waals surface area contributed by atoms with Gasteiger partial charge in [0.15, 0.2) is 11.4 Å². The van der Waals surface area contributed by atoms with Gasteiger partial charge in [-0.25, -0.2) is 4.98 Å². The molecule has 0 saturated heterocycles. The summed E-state index contributed by atoms with van der Waals surface area (Å²) in [6.07, 6.45) is 2.60. The molecule has 26 heavy (non-hydrogen) atoms. The zero-order chi connectivity index (χ0) is 17.9. The molecule has 0 spiro atoms. The molecule has 0 fully saturated rings. The number of fused-ring (bicyclic) bond motifs is 2. The molecule has 8 heteroatoms. The molecule has 2 aromatic heterocycles. The molecule has 1 aromatic carbocycles. The van der Waals surface area contributed by atoms with Crippen LogP contribution in [0.1, 0.15) is 30.4 Å². The SMILES string of the molecule is COCc1nnc2n1CCC(NC(=O)Cc1nc3ccccc3o1)CC2. The summed E-state index contributed by atoms with van der Waals surface area (Å²) in [4.78, 5) is 16.7. The fraction of sp³-hybridized carbons (Fsp3) is 0.444. The minimum atomic E-state index is -0.0728. The highest BCUT2D eigenvalue weighted by Crippen LogP contribution is 2.17. The van der Waals surface area contributed by atoms with Gasteiger partial charge in [-0.05, 0) is 25.0 Å². The second-order valence-electron chi connectivity index (χ2n) is 6.46. The normalized spacial score (nSPS) is 17.0. The van der Waals surface area contributed by atoms with Gasteiger partial charge in [-0.3, -0.25) is 4.79 Å². The molecule has 136 valence electrons. The van der Waals surface area contributed by atoms with Crippen LogP contribution in [0.25, 0.3) is 11.1 Å². The number of nitrogens with zero attached hydrogens (tertiary/aromatic N) is 4. The Labute approximate surface area is 150 Å². The quantitative estimate of drug-likeness (QED) is 0.747. The number of carbonyl (C=O) groups is 1. The van der Waals surface area contributed by atoms with E-state index < -0.39 is 0 Å². The lowest BCUT2D eigenvalue weighted by Crippen LogP contribution is -2.36. The van der Waals surface area contributed by atoms with Gasteiger partial charge in [0.25, 0.3) is 0 Å². The third kappa shape index (κ3) is 3.45. The maximum Gasteiger partial charge on any atom is 0.229 e. The number of para-hydroxylation sites is 2. The molecule has 0 saturated carbocycles. The fourth-order valence-electron chi connectivity index (χ4n) is 3.34. The van der Waals surface area contributed by atoms with Crippen molar-refractivity contribution in [2.45, 2.75) is 44.9 Å². The molecule has 1 atom stereocenters. The molecule has 1 amide bonds. The molecule has 1 N–H and O–H groups in total. The van der Waals surface area contributed by atoms with Crippen LogP contribution in [-0.4, -0.2) is 38.8 Å². The Bertz CT molecular complexity index is 884. The molecular weight excluding hydrogens is 334 g/mol. The minimum Gasteiger partial charge on any atom is -0.440 e. The first-order valence-corrected chi connectivity index (χ1v) is 8.76. The minimum absolute atomic E-state index is 0.0728. The van der Waals surface area contributed by atoms with Crippen LogP contribution in [0, 0.1) is 0 Å². The van der Waals surface area contributed by atoms with Crippen molar-refractivity contribution < 1.29 is 13.9 Å². The van der Waals surface area contributed by atoms with Crippen LogP contribution < -0.4 is 5.32 Å². The van der Waals surface area contributed by atoms with Crippen molar-refractivity contribution in [2.75, 3.05) is 7.11 Å². The van der Waals surface area contributed by atoms with Gasteiger partial charge in [-0.1, -0.05) is 12.1 Å². The van der Waals surface area contributed by atoms with Crippen molar-refractivity contribution in [1.29, 1.82) is 0 Å². The molecule has 4 rings (SSSR count). The molecule has 0 radical (unpaired) electrons. The van der Waals surface area contributed by atoms with E-state index >= 15 is 0 Å². The number of ether oxygens (including phenoxy) is 1. The Balaban J connectivity index is 1.36. The monoisotopic (exact) mass is 355 g/mol. The Hall–Kier alpha value is -2.74. The smallest absolute Gasteiger partial charge is 0.229 e. The molecule has 1 unspecified atom stereocenters. The Morgan fingerprint density at radius 1 is 1.35 bits per heavy atom. The number of hydrogen-bond acceptors (Lipinski definition) is 6. The van der Waals surface area contributed by atoms with Crippen LogP contribution in [-0.2, 0) is 35.5 Å². The van der Waals surface area contributed by atoms with Crippen LogP contribution in [0.4, 0.5) is 0 Å². The van der Waals surface area contributed by atoms with Crippen molar-refractivity contribution in [3.05, 3.63) is 41.8 Å². The first-order valence-electron chi connectivity index (χ1n) is 8.76. The first kappa shape index (κ1) is 16.7. The zero-order valence-corrected chi connectivity index (χ0v) is 14.6. The van der Waals surface area contributed by atoms with Crippen molar-refractivity contribution in [2.24, 2.45) is 0 Å². The highest BCUT2D eigenvalue weighted by Gasteiger charge is 2.22. The van der Waals surface area contributed by atoms with Gasteiger partial charge in [0.1, 0.15) is 24.4 Å². The van der Waals surface area contributed by atoms with Crippen LogP contribution in [0.15, 0.2) is 28.7 Å². The van der Waals surface area contributed by atoms with Gasteiger partial charge in [0, 0.05) is 26.1 Å². The second-order valence-corrected chi connectivity index (χ2v) is 6.46. The van der Waals surface area contributed by atoms with Gasteiger partial charge in [0.2, 0.25) is 11.8 Å². The van der Waals surface area contributed by atoms with Crippen LogP contribution in [0.2, 0.25) is 0 Å². The van der Waals surface area contributed by atoms with E-state index in [0.29, 0.717) is 18.1 Å². The summed E-state index contributed by atoms with van der Waals surface area (Å²) >= 11 is 0. The topological polar surface area (TPSA) is 95.1 Å². The van der Waals surface area contributed by atoms with Crippen molar-refractivity contribution in [1.82, 2.24) is 25.1 Å². The third-order valence-electron chi connectivity index (χ3n) is 4.61. The van der Waals surface area contributed by atoms with Crippen LogP contribution >= 0.6 is 0 Å². The predicted molar refractivity (Wildman–Crippen MR) is 93.3 cm³/mol. The van der Waals surface area contributed by atoms with Crippen LogP contribution in [0.5, 0.6) is 0 Å². The van der Waals surface area contributed by atoms with Crippen molar-refractivity contribution in [3.63, 3.8) is 0 Å². The Morgan fingerprint density at radius 2 is 2.23 bits per heavy atom. The number of oxazole rings is 1. The Morgan fingerprint density at radius 3 is 3.08 bits per heavy atom. The summed E-state index contributed by atoms with van der Waals surface area (Å²) < 4.78 is 12.9. The predicted octanol–water partition coefficient (Wildman–Crippen LogP) is 1.63. The van der Waals surface area contributed by atoms with Crippen molar-refractivity contribution in [3.8, 4) is 0 Å². The van der Waals surface area contributed by atoms with E-state index in [0.717, 1.165) is 43.0 Å². The van der Waals surface area contributed by atoms with E-state index in [9.17, 15) is 4.79 Å². The first-order chi connectivity index (χ1) is 12.7. The van der Waals surface area contributed by atoms with E-state index in [1.54, 1.807) is 7.11 Å². The lowest BCUT2D eigenvalue weighted by molar-refractivity contribution is -0.121. The Kier molecular flexibility index (Phi) is 4.66. The van der Waals surface area contributed by atoms with Gasteiger partial charge in [0.05, 0.1) is 0 Å². The van der Waals surface area contributed by atoms with Gasteiger partial charge in [-0.15, -0.1) is 10.2 Å². The number of methoxy groups -OCH3 is 1. The van der Waals surface area contributed by atoms with E-state index in [1.807, 2.05) is 24.3 Å². The average molecular weight is 355 g/mol. The molecular formula is C18H21N5O3. The average Bonchev–Trinajstić information content (AvgIpc) is 3.15. The molecule has 0 aliphatic carbocycles. The highest BCUT2D eigenvalue weighted by atomic mass is 16.5. The molecule has 1 aliphatic rings. The van der Waals surface area contributed by atoms with Gasteiger partial charge in [-0.2, -0.15) is 0 Å². The van der Waals surface area contributed by atoms with E-state index in [2.05, 4.69) is 25.1 Å². The summed E-state index contributed by atoms with van der Waals surface area (Å²) in [5, 5.41) is 11.5. The highest BCUT2D eigenvalue weighted by molar-refractivity contribution is 5.79. The summed E-state index contributed by atoms with van der Waals surface area (Å²) in [5.41, 5.74) is 1.47. The zero-order valence-electron chi connectivity index (χ0n) is 14.6. The van der Waals surface area contributed by atoms with E-state index in [-0.39, 0.29) is 18.4 Å². The molecule has 3 heterocycles. The number of nitrogens with one attached hydrogen (secondary N) is 1.